The van der Waals surface area contributed by atoms with Crippen LogP contribution in [0.15, 0.2) is 91.0 Å². The van der Waals surface area contributed by atoms with Crippen LogP contribution in [0.1, 0.15) is 23.1 Å². The van der Waals surface area contributed by atoms with Gasteiger partial charge in [-0.25, -0.2) is 0 Å². The molecular weight excluding hydrogens is 363 g/mol. The summed E-state index contributed by atoms with van der Waals surface area (Å²) >= 11 is 0. The van der Waals surface area contributed by atoms with E-state index in [4.69, 9.17) is 9.05 Å². The van der Waals surface area contributed by atoms with Crippen molar-refractivity contribution >= 4 is 8.38 Å². The topological polar surface area (TPSA) is 18.5 Å². The summed E-state index contributed by atoms with van der Waals surface area (Å²) < 4.78 is 12.3. The third kappa shape index (κ3) is 7.94. The molecule has 0 unspecified atom stereocenters. The Kier molecular flexibility index (Phi) is 9.23. The zero-order valence-corrected chi connectivity index (χ0v) is 17.3. The number of rotatable bonds is 12. The van der Waals surface area contributed by atoms with Crippen molar-refractivity contribution in [3.8, 4) is 0 Å². The molecule has 0 amide bonds. The summed E-state index contributed by atoms with van der Waals surface area (Å²) in [4.78, 5) is 0. The van der Waals surface area contributed by atoms with Crippen molar-refractivity contribution in [2.24, 2.45) is 0 Å². The standard InChI is InChI=1S/C25H29O2P/c1-4-11-23(12-5-1)17-10-22-28(26-20-18-24-13-6-2-7-14-24)27-21-19-25-15-8-3-9-16-25/h1-9,11-16H,10,17-22H2. The summed E-state index contributed by atoms with van der Waals surface area (Å²) in [5.41, 5.74) is 4.00. The van der Waals surface area contributed by atoms with E-state index in [-0.39, 0.29) is 0 Å². The molecule has 0 radical (unpaired) electrons. The first-order chi connectivity index (χ1) is 13.9. The Balaban J connectivity index is 1.44. The van der Waals surface area contributed by atoms with Crippen molar-refractivity contribution in [3.05, 3.63) is 108 Å². The van der Waals surface area contributed by atoms with E-state index in [9.17, 15) is 0 Å². The second-order valence-electron chi connectivity index (χ2n) is 6.78. The highest BCUT2D eigenvalue weighted by atomic mass is 31.2. The molecule has 3 aromatic carbocycles. The van der Waals surface area contributed by atoms with Crippen LogP contribution >= 0.6 is 8.38 Å². The van der Waals surface area contributed by atoms with E-state index < -0.39 is 8.38 Å². The van der Waals surface area contributed by atoms with E-state index in [1.54, 1.807) is 0 Å². The van der Waals surface area contributed by atoms with Crippen LogP contribution in [0.25, 0.3) is 0 Å². The lowest BCUT2D eigenvalue weighted by atomic mass is 10.1. The molecule has 0 N–H and O–H groups in total. The molecule has 3 aromatic rings. The highest BCUT2D eigenvalue weighted by Gasteiger charge is 2.11. The molecule has 0 spiro atoms. The molecule has 0 atom stereocenters. The summed E-state index contributed by atoms with van der Waals surface area (Å²) in [5, 5.41) is 0. The van der Waals surface area contributed by atoms with E-state index in [1.165, 1.54) is 16.7 Å². The quantitative estimate of drug-likeness (QED) is 0.330. The third-order valence-corrected chi connectivity index (χ3v) is 6.21. The second-order valence-corrected chi connectivity index (χ2v) is 8.41. The predicted octanol–water partition coefficient (Wildman–Crippen LogP) is 6.45. The van der Waals surface area contributed by atoms with Crippen LogP contribution in [0, 0.1) is 0 Å². The van der Waals surface area contributed by atoms with Crippen LogP contribution in [0.2, 0.25) is 0 Å². The summed E-state index contributed by atoms with van der Waals surface area (Å²) in [6, 6.07) is 31.7. The van der Waals surface area contributed by atoms with E-state index >= 15 is 0 Å². The van der Waals surface area contributed by atoms with Crippen LogP contribution in [-0.4, -0.2) is 19.4 Å². The summed E-state index contributed by atoms with van der Waals surface area (Å²) in [7, 11) is -0.849. The van der Waals surface area contributed by atoms with Gasteiger partial charge in [0.05, 0.1) is 13.2 Å². The highest BCUT2D eigenvalue weighted by Crippen LogP contribution is 2.39. The second kappa shape index (κ2) is 12.5. The van der Waals surface area contributed by atoms with Crippen molar-refractivity contribution in [1.29, 1.82) is 0 Å². The van der Waals surface area contributed by atoms with Gasteiger partial charge in [-0.1, -0.05) is 91.0 Å². The Bertz CT molecular complexity index is 654. The van der Waals surface area contributed by atoms with Gasteiger partial charge in [-0.15, -0.1) is 0 Å². The fourth-order valence-electron chi connectivity index (χ4n) is 3.04. The van der Waals surface area contributed by atoms with Crippen LogP contribution in [0.5, 0.6) is 0 Å². The van der Waals surface area contributed by atoms with Crippen molar-refractivity contribution < 1.29 is 9.05 Å². The molecule has 146 valence electrons. The Hall–Kier alpha value is -1.99. The van der Waals surface area contributed by atoms with Gasteiger partial charge in [-0.2, -0.15) is 0 Å². The maximum Gasteiger partial charge on any atom is 0.170 e. The van der Waals surface area contributed by atoms with Gasteiger partial charge in [0.1, 0.15) is 0 Å². The lowest BCUT2D eigenvalue weighted by Crippen LogP contribution is -2.03. The van der Waals surface area contributed by atoms with Crippen LogP contribution in [0.3, 0.4) is 0 Å². The fraction of sp³-hybridized carbons (Fsp3) is 0.280. The molecule has 0 fully saturated rings. The summed E-state index contributed by atoms with van der Waals surface area (Å²) in [5.74, 6) is 0. The zero-order chi connectivity index (χ0) is 19.3. The van der Waals surface area contributed by atoms with E-state index in [2.05, 4.69) is 78.9 Å². The minimum absolute atomic E-state index is 0.715. The minimum Gasteiger partial charge on any atom is -0.334 e. The van der Waals surface area contributed by atoms with Crippen molar-refractivity contribution in [2.45, 2.75) is 25.7 Å². The number of aryl methyl sites for hydroxylation is 1. The average molecular weight is 392 g/mol. The summed E-state index contributed by atoms with van der Waals surface area (Å²) in [6.45, 7) is 1.43. The molecule has 3 heteroatoms. The molecule has 0 saturated heterocycles. The summed E-state index contributed by atoms with van der Waals surface area (Å²) in [6.07, 6.45) is 5.00. The van der Waals surface area contributed by atoms with Crippen molar-refractivity contribution in [1.82, 2.24) is 0 Å². The average Bonchev–Trinajstić information content (AvgIpc) is 2.76. The molecule has 0 bridgehead atoms. The Labute approximate surface area is 170 Å². The van der Waals surface area contributed by atoms with E-state index in [1.807, 2.05) is 12.1 Å². The molecule has 0 aliphatic rings. The lowest BCUT2D eigenvalue weighted by molar-refractivity contribution is 0.253. The molecule has 3 rings (SSSR count). The van der Waals surface area contributed by atoms with Gasteiger partial charge in [0.2, 0.25) is 0 Å². The molecule has 0 aromatic heterocycles. The van der Waals surface area contributed by atoms with Gasteiger partial charge >= 0.3 is 0 Å². The maximum absolute atomic E-state index is 6.16. The van der Waals surface area contributed by atoms with E-state index in [0.29, 0.717) is 13.2 Å². The van der Waals surface area contributed by atoms with Crippen LogP contribution in [-0.2, 0) is 28.3 Å². The van der Waals surface area contributed by atoms with Gasteiger partial charge in [-0.05, 0) is 42.4 Å². The minimum atomic E-state index is -0.849. The number of hydrogen-bond acceptors (Lipinski definition) is 2. The Morgan fingerprint density at radius 3 is 1.32 bits per heavy atom. The van der Waals surface area contributed by atoms with Gasteiger partial charge in [-0.3, -0.25) is 0 Å². The van der Waals surface area contributed by atoms with Gasteiger partial charge in [0.15, 0.2) is 8.38 Å². The predicted molar refractivity (Wildman–Crippen MR) is 119 cm³/mol. The SMILES string of the molecule is c1ccc(CCCP(OCCc2ccccc2)OCCc2ccccc2)cc1. The maximum atomic E-state index is 6.16. The third-order valence-electron chi connectivity index (χ3n) is 4.59. The molecule has 0 aliphatic carbocycles. The van der Waals surface area contributed by atoms with Crippen molar-refractivity contribution in [3.63, 3.8) is 0 Å². The van der Waals surface area contributed by atoms with Gasteiger partial charge < -0.3 is 9.05 Å². The monoisotopic (exact) mass is 392 g/mol. The highest BCUT2D eigenvalue weighted by molar-refractivity contribution is 7.47. The van der Waals surface area contributed by atoms with Crippen LogP contribution in [0.4, 0.5) is 0 Å². The first kappa shape index (κ1) is 20.7. The molecule has 0 heterocycles. The molecule has 0 saturated carbocycles. The molecule has 2 nitrogen and oxygen atoms in total. The normalized spacial score (nSPS) is 11.0. The molecule has 0 aliphatic heterocycles. The molecular formula is C25H29O2P. The van der Waals surface area contributed by atoms with Crippen molar-refractivity contribution in [2.75, 3.05) is 19.4 Å². The number of benzene rings is 3. The first-order valence-corrected chi connectivity index (χ1v) is 11.4. The Morgan fingerprint density at radius 2 is 0.893 bits per heavy atom. The largest absolute Gasteiger partial charge is 0.334 e. The fourth-order valence-corrected chi connectivity index (χ4v) is 4.38. The Morgan fingerprint density at radius 1 is 0.500 bits per heavy atom. The zero-order valence-electron chi connectivity index (χ0n) is 16.4. The van der Waals surface area contributed by atoms with Crippen LogP contribution < -0.4 is 0 Å². The number of hydrogen-bond donors (Lipinski definition) is 0. The smallest absolute Gasteiger partial charge is 0.170 e. The first-order valence-electron chi connectivity index (χ1n) is 10.1. The van der Waals surface area contributed by atoms with Gasteiger partial charge in [0.25, 0.3) is 0 Å². The van der Waals surface area contributed by atoms with Gasteiger partial charge in [0, 0.05) is 6.16 Å². The lowest BCUT2D eigenvalue weighted by Gasteiger charge is -2.18. The van der Waals surface area contributed by atoms with E-state index in [0.717, 1.165) is 31.8 Å². The molecule has 28 heavy (non-hydrogen) atoms.